The van der Waals surface area contributed by atoms with E-state index in [1.807, 2.05) is 0 Å². The second kappa shape index (κ2) is 9.26. The topological polar surface area (TPSA) is 108 Å². The van der Waals surface area contributed by atoms with Crippen molar-refractivity contribution in [3.05, 3.63) is 62.5 Å². The average Bonchev–Trinajstić information content (AvgIpc) is 2.67. The van der Waals surface area contributed by atoms with Crippen LogP contribution in [-0.2, 0) is 19.1 Å². The molecule has 1 aromatic rings. The summed E-state index contributed by atoms with van der Waals surface area (Å²) in [6.07, 6.45) is -3.07. The Kier molecular flexibility index (Phi) is 7.03. The first-order valence-electron chi connectivity index (χ1n) is 8.81. The number of non-ortho nitro benzene ring substituents is 1. The van der Waals surface area contributed by atoms with Gasteiger partial charge in [0, 0.05) is 17.8 Å². The molecular weight excluding hydrogens is 390 g/mol. The number of hydrogen-bond acceptors (Lipinski definition) is 7. The first-order valence-corrected chi connectivity index (χ1v) is 8.81. The number of esters is 2. The number of carbonyl (C=O) groups is 2. The Bertz CT molecular complexity index is 894. The molecule has 156 valence electrons. The first kappa shape index (κ1) is 22.0. The van der Waals surface area contributed by atoms with Crippen LogP contribution >= 0.6 is 0 Å². The Morgan fingerprint density at radius 2 is 1.76 bits per heavy atom. The van der Waals surface area contributed by atoms with Crippen molar-refractivity contribution in [3.8, 4) is 0 Å². The molecule has 0 saturated heterocycles. The Morgan fingerprint density at radius 1 is 1.17 bits per heavy atom. The fraction of sp³-hybridized carbons (Fsp3) is 0.368. The molecular formula is C19H20F2N2O6. The minimum absolute atomic E-state index is 0.0113. The van der Waals surface area contributed by atoms with Gasteiger partial charge in [-0.2, -0.15) is 0 Å². The fourth-order valence-corrected chi connectivity index (χ4v) is 3.09. The molecule has 10 heteroatoms. The number of hydrogen-bond donors (Lipinski definition) is 1. The van der Waals surface area contributed by atoms with Gasteiger partial charge in [0.15, 0.2) is 0 Å². The van der Waals surface area contributed by atoms with Crippen LogP contribution in [0.15, 0.2) is 46.8 Å². The third-order valence-corrected chi connectivity index (χ3v) is 4.22. The number of nitrogens with zero attached hydrogens (tertiary/aromatic N) is 1. The molecule has 1 atom stereocenters. The molecule has 0 saturated carbocycles. The Hall–Kier alpha value is -3.30. The monoisotopic (exact) mass is 410 g/mol. The zero-order valence-electron chi connectivity index (χ0n) is 16.0. The van der Waals surface area contributed by atoms with E-state index in [1.165, 1.54) is 32.0 Å². The van der Waals surface area contributed by atoms with Gasteiger partial charge in [0.05, 0.1) is 40.9 Å². The van der Waals surface area contributed by atoms with Crippen LogP contribution in [-0.4, -0.2) is 36.5 Å². The lowest BCUT2D eigenvalue weighted by Crippen LogP contribution is -2.35. The molecule has 0 bridgehead atoms. The Labute approximate surface area is 165 Å². The number of nitro benzene ring substituents is 1. The van der Waals surface area contributed by atoms with Gasteiger partial charge in [-0.25, -0.2) is 18.4 Å². The third kappa shape index (κ3) is 4.58. The summed E-state index contributed by atoms with van der Waals surface area (Å²) in [5.41, 5.74) is -1.45. The predicted octanol–water partition coefficient (Wildman–Crippen LogP) is 3.20. The summed E-state index contributed by atoms with van der Waals surface area (Å²) in [5.74, 6) is -3.21. The summed E-state index contributed by atoms with van der Waals surface area (Å²) < 4.78 is 37.5. The normalized spacial score (nSPS) is 16.6. The van der Waals surface area contributed by atoms with E-state index in [0.29, 0.717) is 0 Å². The number of ether oxygens (including phenoxy) is 2. The number of dihydropyridines is 1. The molecule has 1 aliphatic rings. The van der Waals surface area contributed by atoms with Crippen molar-refractivity contribution in [2.45, 2.75) is 33.1 Å². The molecule has 0 spiro atoms. The summed E-state index contributed by atoms with van der Waals surface area (Å²) in [4.78, 5) is 35.7. The van der Waals surface area contributed by atoms with Crippen LogP contribution in [0.3, 0.4) is 0 Å². The summed E-state index contributed by atoms with van der Waals surface area (Å²) >= 11 is 0. The highest BCUT2D eigenvalue weighted by molar-refractivity contribution is 6.00. The fourth-order valence-electron chi connectivity index (χ4n) is 3.09. The SMILES string of the molecule is CCOC(=O)C1=C(C)NC(C(F)F)=C(C(=O)OCC)C1c1cccc([N+](=O)[O-])c1. The second-order valence-electron chi connectivity index (χ2n) is 6.02. The minimum Gasteiger partial charge on any atom is -0.463 e. The molecule has 2 rings (SSSR count). The average molecular weight is 410 g/mol. The molecule has 1 aliphatic heterocycles. The van der Waals surface area contributed by atoms with Gasteiger partial charge >= 0.3 is 11.9 Å². The van der Waals surface area contributed by atoms with Gasteiger partial charge in [0.25, 0.3) is 12.1 Å². The van der Waals surface area contributed by atoms with Gasteiger partial charge in [0.1, 0.15) is 0 Å². The first-order chi connectivity index (χ1) is 13.7. The third-order valence-electron chi connectivity index (χ3n) is 4.22. The highest BCUT2D eigenvalue weighted by Gasteiger charge is 2.41. The second-order valence-corrected chi connectivity index (χ2v) is 6.02. The summed E-state index contributed by atoms with van der Waals surface area (Å²) in [6.45, 7) is 4.39. The number of nitro groups is 1. The zero-order chi connectivity index (χ0) is 21.7. The van der Waals surface area contributed by atoms with Gasteiger partial charge in [0.2, 0.25) is 0 Å². The maximum absolute atomic E-state index is 13.7. The van der Waals surface area contributed by atoms with Gasteiger partial charge in [-0.1, -0.05) is 12.1 Å². The van der Waals surface area contributed by atoms with Crippen molar-refractivity contribution in [3.63, 3.8) is 0 Å². The van der Waals surface area contributed by atoms with Crippen LogP contribution in [0, 0.1) is 10.1 Å². The molecule has 29 heavy (non-hydrogen) atoms. The maximum atomic E-state index is 13.7. The quantitative estimate of drug-likeness (QED) is 0.418. The molecule has 0 fully saturated rings. The summed E-state index contributed by atoms with van der Waals surface area (Å²) in [7, 11) is 0. The van der Waals surface area contributed by atoms with E-state index in [-0.39, 0.29) is 35.7 Å². The summed E-state index contributed by atoms with van der Waals surface area (Å²) in [6, 6.07) is 5.11. The molecule has 1 unspecified atom stereocenters. The molecule has 0 aliphatic carbocycles. The van der Waals surface area contributed by atoms with Crippen LogP contribution in [0.2, 0.25) is 0 Å². The highest BCUT2D eigenvalue weighted by atomic mass is 19.3. The maximum Gasteiger partial charge on any atom is 0.336 e. The van der Waals surface area contributed by atoms with Crippen LogP contribution in [0.4, 0.5) is 14.5 Å². The minimum atomic E-state index is -3.07. The molecule has 1 N–H and O–H groups in total. The lowest BCUT2D eigenvalue weighted by molar-refractivity contribution is -0.384. The number of allylic oxidation sites excluding steroid dienone is 2. The van der Waals surface area contributed by atoms with E-state index in [2.05, 4.69) is 5.32 Å². The molecule has 1 aromatic carbocycles. The molecule has 0 amide bonds. The molecule has 8 nitrogen and oxygen atoms in total. The van der Waals surface area contributed by atoms with E-state index >= 15 is 0 Å². The van der Waals surface area contributed by atoms with E-state index in [9.17, 15) is 28.5 Å². The smallest absolute Gasteiger partial charge is 0.336 e. The Balaban J connectivity index is 2.78. The van der Waals surface area contributed by atoms with Gasteiger partial charge in [-0.05, 0) is 26.3 Å². The van der Waals surface area contributed by atoms with Crippen molar-refractivity contribution in [2.24, 2.45) is 0 Å². The number of halogens is 2. The molecule has 0 aromatic heterocycles. The van der Waals surface area contributed by atoms with Crippen LogP contribution in [0.1, 0.15) is 32.3 Å². The van der Waals surface area contributed by atoms with Crippen LogP contribution in [0.5, 0.6) is 0 Å². The van der Waals surface area contributed by atoms with Crippen molar-refractivity contribution in [2.75, 3.05) is 13.2 Å². The van der Waals surface area contributed by atoms with Gasteiger partial charge in [-0.15, -0.1) is 0 Å². The van der Waals surface area contributed by atoms with Crippen molar-refractivity contribution in [1.29, 1.82) is 0 Å². The standard InChI is InChI=1S/C19H20F2N2O6/c1-4-28-18(24)13-10(3)22-16(17(20)21)15(19(25)29-5-2)14(13)11-7-6-8-12(9-11)23(26)27/h6-9,14,17,22H,4-5H2,1-3H3. The zero-order valence-corrected chi connectivity index (χ0v) is 16.0. The van der Waals surface area contributed by atoms with Crippen molar-refractivity contribution < 1.29 is 32.8 Å². The van der Waals surface area contributed by atoms with Crippen molar-refractivity contribution in [1.82, 2.24) is 5.32 Å². The predicted molar refractivity (Wildman–Crippen MR) is 98.0 cm³/mol. The Morgan fingerprint density at radius 3 is 2.28 bits per heavy atom. The van der Waals surface area contributed by atoms with Crippen LogP contribution in [0.25, 0.3) is 0 Å². The van der Waals surface area contributed by atoms with Crippen molar-refractivity contribution >= 4 is 17.6 Å². The van der Waals surface area contributed by atoms with E-state index < -0.39 is 40.5 Å². The number of rotatable bonds is 7. The van der Waals surface area contributed by atoms with Gasteiger partial charge < -0.3 is 14.8 Å². The molecule has 0 radical (unpaired) electrons. The number of benzene rings is 1. The van der Waals surface area contributed by atoms with E-state index in [1.54, 1.807) is 6.92 Å². The number of carbonyl (C=O) groups excluding carboxylic acids is 2. The van der Waals surface area contributed by atoms with E-state index in [4.69, 9.17) is 9.47 Å². The lowest BCUT2D eigenvalue weighted by atomic mass is 9.80. The lowest BCUT2D eigenvalue weighted by Gasteiger charge is -2.31. The van der Waals surface area contributed by atoms with Gasteiger partial charge in [-0.3, -0.25) is 10.1 Å². The number of alkyl halides is 2. The number of nitrogens with one attached hydrogen (secondary N) is 1. The summed E-state index contributed by atoms with van der Waals surface area (Å²) in [5, 5.41) is 13.6. The largest absolute Gasteiger partial charge is 0.463 e. The van der Waals surface area contributed by atoms with E-state index in [0.717, 1.165) is 6.07 Å². The van der Waals surface area contributed by atoms with Crippen LogP contribution < -0.4 is 5.32 Å². The highest BCUT2D eigenvalue weighted by Crippen LogP contribution is 2.41. The molecule has 1 heterocycles.